The second-order valence-electron chi connectivity index (χ2n) is 11.8. The Labute approximate surface area is 310 Å². The number of rotatable bonds is 24. The van der Waals surface area contributed by atoms with Crippen LogP contribution in [0.5, 0.6) is 0 Å². The van der Waals surface area contributed by atoms with E-state index in [2.05, 4.69) is 26.6 Å². The molecule has 0 spiro atoms. The highest BCUT2D eigenvalue weighted by atomic mass is 16.4. The summed E-state index contributed by atoms with van der Waals surface area (Å²) in [4.78, 5) is 148. The normalized spacial score (nSPS) is 10.1. The highest BCUT2D eigenvalue weighted by Crippen LogP contribution is 1.95. The van der Waals surface area contributed by atoms with Gasteiger partial charge < -0.3 is 61.9 Å². The number of amides is 11. The minimum absolute atomic E-state index is 0.0877. The first-order valence-electron chi connectivity index (χ1n) is 16.2. The zero-order valence-electron chi connectivity index (χ0n) is 30.9. The third kappa shape index (κ3) is 21.8. The number of primary amides is 1. The van der Waals surface area contributed by atoms with Gasteiger partial charge in [0, 0.05) is 48.1 Å². The van der Waals surface area contributed by atoms with Gasteiger partial charge in [-0.1, -0.05) is 0 Å². The van der Waals surface area contributed by atoms with Crippen molar-refractivity contribution in [2.24, 2.45) is 5.73 Å². The van der Waals surface area contributed by atoms with E-state index >= 15 is 0 Å². The minimum Gasteiger partial charge on any atom is -0.481 e. The molecule has 0 saturated carbocycles. The number of carboxylic acid groups (broad SMARTS) is 1. The predicted octanol–water partition coefficient (Wildman–Crippen LogP) is -7.40. The Balaban J connectivity index is 4.42. The van der Waals surface area contributed by atoms with Crippen LogP contribution in [0.15, 0.2) is 0 Å². The van der Waals surface area contributed by atoms with Crippen LogP contribution in [0.1, 0.15) is 19.3 Å². The van der Waals surface area contributed by atoms with Crippen LogP contribution in [0.4, 0.5) is 0 Å². The quantitative estimate of drug-likeness (QED) is 0.0480. The summed E-state index contributed by atoms with van der Waals surface area (Å²) in [5.74, 6) is -8.41. The van der Waals surface area contributed by atoms with Crippen molar-refractivity contribution < 1.29 is 62.6 Å². The number of nitrogens with two attached hydrogens (primary N) is 1. The van der Waals surface area contributed by atoms with Crippen LogP contribution in [-0.2, 0) is 57.5 Å². The van der Waals surface area contributed by atoms with Crippen LogP contribution in [0.3, 0.4) is 0 Å². The van der Waals surface area contributed by atoms with E-state index in [0.29, 0.717) is 0 Å². The molecule has 24 nitrogen and oxygen atoms in total. The number of hydrogen-bond acceptors (Lipinski definition) is 12. The van der Waals surface area contributed by atoms with Crippen molar-refractivity contribution in [2.75, 3.05) is 101 Å². The van der Waals surface area contributed by atoms with E-state index < -0.39 is 130 Å². The first-order valence-corrected chi connectivity index (χ1v) is 16.2. The molecule has 0 aliphatic heterocycles. The monoisotopic (exact) mass is 771 g/mol. The highest BCUT2D eigenvalue weighted by Gasteiger charge is 2.20. The molecule has 0 atom stereocenters. The van der Waals surface area contributed by atoms with Crippen molar-refractivity contribution in [3.05, 3.63) is 0 Å². The highest BCUT2D eigenvalue weighted by molar-refractivity contribution is 5.94. The van der Waals surface area contributed by atoms with Crippen molar-refractivity contribution in [3.63, 3.8) is 0 Å². The zero-order valence-corrected chi connectivity index (χ0v) is 30.9. The maximum absolute atomic E-state index is 12.4. The SMILES string of the molecule is CN(CC(N)=O)C(=O)CNC(=O)CN(C)C(=O)CNC(=O)CN(C)C(=O)CNC(=O)CN(C)C(=O)CNC(=O)CN(C)C(=O)CNC(=O)CCCC(=O)O. The van der Waals surface area contributed by atoms with E-state index in [1.807, 2.05) is 0 Å². The molecule has 0 aliphatic carbocycles. The molecule has 0 saturated heterocycles. The second kappa shape index (κ2) is 24.8. The molecule has 0 aromatic rings. The molecule has 24 heteroatoms. The number of aliphatic carboxylic acids is 1. The Bertz CT molecular complexity index is 1440. The largest absolute Gasteiger partial charge is 0.481 e. The molecule has 8 N–H and O–H groups in total. The number of carbonyl (C=O) groups is 12. The molecule has 0 aromatic carbocycles. The van der Waals surface area contributed by atoms with Gasteiger partial charge in [-0.25, -0.2) is 0 Å². The lowest BCUT2D eigenvalue weighted by Gasteiger charge is -2.20. The van der Waals surface area contributed by atoms with E-state index in [4.69, 9.17) is 10.8 Å². The number of nitrogens with zero attached hydrogens (tertiary/aromatic N) is 5. The van der Waals surface area contributed by atoms with Gasteiger partial charge in [-0.3, -0.25) is 57.5 Å². The molecule has 0 bridgehead atoms. The topological polar surface area (TPSA) is 327 Å². The third-order valence-electron chi connectivity index (χ3n) is 7.02. The van der Waals surface area contributed by atoms with Gasteiger partial charge in [0.2, 0.25) is 65.0 Å². The fourth-order valence-electron chi connectivity index (χ4n) is 3.79. The van der Waals surface area contributed by atoms with Crippen molar-refractivity contribution in [1.82, 2.24) is 51.1 Å². The molecule has 11 amide bonds. The summed E-state index contributed by atoms with van der Waals surface area (Å²) in [7, 11) is 6.42. The van der Waals surface area contributed by atoms with Gasteiger partial charge in [0.25, 0.3) is 0 Å². The predicted molar refractivity (Wildman–Crippen MR) is 184 cm³/mol. The summed E-state index contributed by atoms with van der Waals surface area (Å²) in [6.07, 6.45) is -0.188. The van der Waals surface area contributed by atoms with E-state index in [1.54, 1.807) is 0 Å². The van der Waals surface area contributed by atoms with Crippen LogP contribution < -0.4 is 32.3 Å². The summed E-state index contributed by atoms with van der Waals surface area (Å²) >= 11 is 0. The van der Waals surface area contributed by atoms with Crippen molar-refractivity contribution in [1.29, 1.82) is 0 Å². The van der Waals surface area contributed by atoms with Gasteiger partial charge in [0.1, 0.15) is 0 Å². The van der Waals surface area contributed by atoms with Crippen molar-refractivity contribution in [2.45, 2.75) is 19.3 Å². The van der Waals surface area contributed by atoms with Crippen molar-refractivity contribution in [3.8, 4) is 0 Å². The average Bonchev–Trinajstić information content (AvgIpc) is 3.08. The zero-order chi connectivity index (χ0) is 41.5. The Morgan fingerprint density at radius 1 is 0.407 bits per heavy atom. The Morgan fingerprint density at radius 2 is 0.648 bits per heavy atom. The summed E-state index contributed by atoms with van der Waals surface area (Å²) in [6, 6.07) is 0. The standard InChI is InChI=1S/C30H49N11O13/c1-37(14-19(31)42)25(48)10-33-21(44)16-39(3)27(50)12-35-23(46)18-41(5)29(52)13-36-24(47)17-40(4)28(51)11-34-22(45)15-38(2)26(49)9-32-20(43)7-6-8-30(53)54/h6-18H2,1-5H3,(H2,31,42)(H,32,43)(H,33,44)(H,34,45)(H,35,46)(H,36,47)(H,53,54). The molecule has 0 fully saturated rings. The van der Waals surface area contributed by atoms with Crippen LogP contribution in [0.2, 0.25) is 0 Å². The Morgan fingerprint density at radius 3 is 0.889 bits per heavy atom. The van der Waals surface area contributed by atoms with Gasteiger partial charge in [-0.05, 0) is 6.42 Å². The smallest absolute Gasteiger partial charge is 0.303 e. The van der Waals surface area contributed by atoms with E-state index in [0.717, 1.165) is 24.5 Å². The first-order chi connectivity index (χ1) is 25.1. The lowest BCUT2D eigenvalue weighted by atomic mass is 10.2. The molecule has 0 rings (SSSR count). The first kappa shape index (κ1) is 47.6. The Kier molecular flexibility index (Phi) is 21.8. The molecular weight excluding hydrogens is 722 g/mol. The van der Waals surface area contributed by atoms with Crippen LogP contribution in [0, 0.1) is 0 Å². The molecule has 0 aliphatic rings. The average molecular weight is 772 g/mol. The summed E-state index contributed by atoms with van der Waals surface area (Å²) in [5, 5.41) is 20.1. The summed E-state index contributed by atoms with van der Waals surface area (Å²) in [5.41, 5.74) is 5.00. The van der Waals surface area contributed by atoms with Gasteiger partial charge in [-0.2, -0.15) is 0 Å². The number of carboxylic acids is 1. The van der Waals surface area contributed by atoms with E-state index in [1.165, 1.54) is 35.2 Å². The third-order valence-corrected chi connectivity index (χ3v) is 7.02. The van der Waals surface area contributed by atoms with Crippen LogP contribution in [0.25, 0.3) is 0 Å². The van der Waals surface area contributed by atoms with Gasteiger partial charge >= 0.3 is 5.97 Å². The number of carbonyl (C=O) groups excluding carboxylic acids is 11. The molecular formula is C30H49N11O13. The number of nitrogens with one attached hydrogen (secondary N) is 5. The molecule has 0 aromatic heterocycles. The summed E-state index contributed by atoms with van der Waals surface area (Å²) < 4.78 is 0. The maximum atomic E-state index is 12.4. The van der Waals surface area contributed by atoms with Gasteiger partial charge in [0.15, 0.2) is 0 Å². The van der Waals surface area contributed by atoms with Crippen LogP contribution >= 0.6 is 0 Å². The van der Waals surface area contributed by atoms with Gasteiger partial charge in [-0.15, -0.1) is 0 Å². The van der Waals surface area contributed by atoms with Crippen molar-refractivity contribution >= 4 is 70.9 Å². The number of hydrogen-bond donors (Lipinski definition) is 7. The van der Waals surface area contributed by atoms with Crippen LogP contribution in [-0.4, -0.2) is 201 Å². The van der Waals surface area contributed by atoms with Gasteiger partial charge in [0.05, 0.1) is 65.4 Å². The van der Waals surface area contributed by atoms with E-state index in [-0.39, 0.29) is 25.8 Å². The summed E-state index contributed by atoms with van der Waals surface area (Å²) in [6.45, 7) is -4.65. The fourth-order valence-corrected chi connectivity index (χ4v) is 3.79. The van der Waals surface area contributed by atoms with E-state index in [9.17, 15) is 57.5 Å². The minimum atomic E-state index is -1.05. The molecule has 0 unspecified atom stereocenters. The maximum Gasteiger partial charge on any atom is 0.303 e. The lowest BCUT2D eigenvalue weighted by Crippen LogP contribution is -2.48. The molecule has 54 heavy (non-hydrogen) atoms. The molecule has 0 radical (unpaired) electrons. The molecule has 302 valence electrons. The fraction of sp³-hybridized carbons (Fsp3) is 0.600. The number of likely N-dealkylation sites (N-methyl/N-ethyl adjacent to an activating group) is 5. The molecule has 0 heterocycles. The Hall–Kier alpha value is -6.36. The second-order valence-corrected chi connectivity index (χ2v) is 11.8. The lowest BCUT2D eigenvalue weighted by molar-refractivity contribution is -0.138.